The second-order valence-electron chi connectivity index (χ2n) is 6.34. The Kier molecular flexibility index (Phi) is 5.03. The molecule has 1 N–H and O–H groups in total. The van der Waals surface area contributed by atoms with Crippen molar-refractivity contribution in [1.29, 1.82) is 0 Å². The molecule has 2 amide bonds. The van der Waals surface area contributed by atoms with E-state index < -0.39 is 11.4 Å². The zero-order valence-corrected chi connectivity index (χ0v) is 15.8. The van der Waals surface area contributed by atoms with Gasteiger partial charge in [0.15, 0.2) is 0 Å². The summed E-state index contributed by atoms with van der Waals surface area (Å²) in [6.07, 6.45) is 0. The van der Waals surface area contributed by atoms with E-state index in [2.05, 4.69) is 10.4 Å². The first-order valence-corrected chi connectivity index (χ1v) is 8.75. The smallest absolute Gasteiger partial charge is 0.306 e. The number of benzene rings is 2. The number of carbonyl (C=O) groups is 2. The standard InChI is InChI=1S/C19H17Cl2N3O2/c1-12(25)19(2)11-24(18(26)22-16-9-7-15(21)8-10-16)23-17(19)13-3-5-14(20)6-4-13/h3-10H,11H2,1-2H3,(H,22,26). The van der Waals surface area contributed by atoms with Crippen molar-refractivity contribution in [2.75, 3.05) is 11.9 Å². The van der Waals surface area contributed by atoms with Crippen LogP contribution in [0.5, 0.6) is 0 Å². The molecule has 1 aliphatic rings. The molecule has 0 spiro atoms. The summed E-state index contributed by atoms with van der Waals surface area (Å²) in [7, 11) is 0. The highest BCUT2D eigenvalue weighted by Crippen LogP contribution is 2.33. The minimum Gasteiger partial charge on any atom is -0.306 e. The second-order valence-corrected chi connectivity index (χ2v) is 7.21. The fourth-order valence-corrected chi connectivity index (χ4v) is 2.99. The Morgan fingerprint density at radius 2 is 1.58 bits per heavy atom. The molecule has 0 aliphatic carbocycles. The fourth-order valence-electron chi connectivity index (χ4n) is 2.74. The molecule has 7 heteroatoms. The maximum Gasteiger partial charge on any atom is 0.342 e. The van der Waals surface area contributed by atoms with Gasteiger partial charge in [0.25, 0.3) is 0 Å². The van der Waals surface area contributed by atoms with Gasteiger partial charge in [-0.3, -0.25) is 4.79 Å². The molecule has 26 heavy (non-hydrogen) atoms. The van der Waals surface area contributed by atoms with Crippen LogP contribution in [0.1, 0.15) is 19.4 Å². The summed E-state index contributed by atoms with van der Waals surface area (Å²) in [6.45, 7) is 3.46. The number of amides is 2. The highest BCUT2D eigenvalue weighted by molar-refractivity contribution is 6.31. The summed E-state index contributed by atoms with van der Waals surface area (Å²) < 4.78 is 0. The SMILES string of the molecule is CC(=O)C1(C)CN(C(=O)Nc2ccc(Cl)cc2)N=C1c1ccc(Cl)cc1. The first-order chi connectivity index (χ1) is 12.3. The van der Waals surface area contributed by atoms with Gasteiger partial charge >= 0.3 is 6.03 Å². The molecule has 0 radical (unpaired) electrons. The zero-order chi connectivity index (χ0) is 18.9. The molecule has 3 rings (SSSR count). The van der Waals surface area contributed by atoms with Crippen molar-refractivity contribution in [1.82, 2.24) is 5.01 Å². The second kappa shape index (κ2) is 7.09. The summed E-state index contributed by atoms with van der Waals surface area (Å²) in [4.78, 5) is 24.9. The average molecular weight is 390 g/mol. The molecular formula is C19H17Cl2N3O2. The van der Waals surface area contributed by atoms with E-state index in [1.165, 1.54) is 11.9 Å². The van der Waals surface area contributed by atoms with E-state index in [9.17, 15) is 9.59 Å². The molecule has 0 saturated heterocycles. The van der Waals surface area contributed by atoms with Gasteiger partial charge in [-0.05, 0) is 55.8 Å². The Labute approximate surface area is 161 Å². The van der Waals surface area contributed by atoms with E-state index >= 15 is 0 Å². The van der Waals surface area contributed by atoms with E-state index in [4.69, 9.17) is 23.2 Å². The Balaban J connectivity index is 1.88. The molecule has 0 fully saturated rings. The lowest BCUT2D eigenvalue weighted by Crippen LogP contribution is -2.40. The van der Waals surface area contributed by atoms with Crippen LogP contribution in [-0.4, -0.2) is 29.1 Å². The van der Waals surface area contributed by atoms with Gasteiger partial charge in [-0.25, -0.2) is 9.80 Å². The summed E-state index contributed by atoms with van der Waals surface area (Å²) in [5, 5.41) is 9.63. The van der Waals surface area contributed by atoms with Crippen molar-refractivity contribution in [2.45, 2.75) is 13.8 Å². The lowest BCUT2D eigenvalue weighted by molar-refractivity contribution is -0.122. The highest BCUT2D eigenvalue weighted by Gasteiger charge is 2.45. The minimum atomic E-state index is -0.884. The van der Waals surface area contributed by atoms with Gasteiger partial charge in [0.1, 0.15) is 5.78 Å². The van der Waals surface area contributed by atoms with Crippen LogP contribution in [0.3, 0.4) is 0 Å². The van der Waals surface area contributed by atoms with E-state index in [0.29, 0.717) is 21.4 Å². The van der Waals surface area contributed by atoms with Gasteiger partial charge in [-0.1, -0.05) is 35.3 Å². The number of halogens is 2. The fraction of sp³-hybridized carbons (Fsp3) is 0.211. The molecule has 5 nitrogen and oxygen atoms in total. The molecule has 0 saturated carbocycles. The topological polar surface area (TPSA) is 61.8 Å². The Hall–Kier alpha value is -2.37. The number of anilines is 1. The number of ketones is 1. The van der Waals surface area contributed by atoms with Crippen molar-refractivity contribution >= 4 is 46.4 Å². The minimum absolute atomic E-state index is 0.0620. The molecule has 1 unspecified atom stereocenters. The maximum atomic E-state index is 12.6. The number of hydrogen-bond donors (Lipinski definition) is 1. The van der Waals surface area contributed by atoms with Gasteiger partial charge < -0.3 is 5.32 Å². The van der Waals surface area contributed by atoms with Crippen molar-refractivity contribution in [3.05, 3.63) is 64.1 Å². The van der Waals surface area contributed by atoms with E-state index in [1.807, 2.05) is 0 Å². The number of hydrazone groups is 1. The van der Waals surface area contributed by atoms with E-state index in [-0.39, 0.29) is 12.3 Å². The molecule has 2 aromatic rings. The van der Waals surface area contributed by atoms with Crippen molar-refractivity contribution in [3.63, 3.8) is 0 Å². The van der Waals surface area contributed by atoms with Gasteiger partial charge in [-0.2, -0.15) is 5.10 Å². The molecule has 0 bridgehead atoms. The van der Waals surface area contributed by atoms with Crippen molar-refractivity contribution < 1.29 is 9.59 Å². The van der Waals surface area contributed by atoms with Gasteiger partial charge in [0, 0.05) is 15.7 Å². The van der Waals surface area contributed by atoms with Crippen LogP contribution >= 0.6 is 23.2 Å². The molecule has 1 atom stereocenters. The molecule has 134 valence electrons. The maximum absolute atomic E-state index is 12.6. The predicted molar refractivity (Wildman–Crippen MR) is 104 cm³/mol. The number of rotatable bonds is 3. The largest absolute Gasteiger partial charge is 0.342 e. The number of nitrogens with one attached hydrogen (secondary N) is 1. The monoisotopic (exact) mass is 389 g/mol. The van der Waals surface area contributed by atoms with Gasteiger partial charge in [0.05, 0.1) is 17.7 Å². The third-order valence-corrected chi connectivity index (χ3v) is 4.94. The molecule has 1 heterocycles. The number of carbonyl (C=O) groups excluding carboxylic acids is 2. The number of Topliss-reactive ketones (excluding diaryl/α,β-unsaturated/α-hetero) is 1. The lowest BCUT2D eigenvalue weighted by Gasteiger charge is -2.23. The van der Waals surface area contributed by atoms with Crippen LogP contribution < -0.4 is 5.32 Å². The Morgan fingerprint density at radius 3 is 2.12 bits per heavy atom. The van der Waals surface area contributed by atoms with Crippen LogP contribution in [0.25, 0.3) is 0 Å². The zero-order valence-electron chi connectivity index (χ0n) is 14.3. The van der Waals surface area contributed by atoms with Crippen LogP contribution in [0, 0.1) is 5.41 Å². The quantitative estimate of drug-likeness (QED) is 0.815. The van der Waals surface area contributed by atoms with Crippen LogP contribution in [0.4, 0.5) is 10.5 Å². The van der Waals surface area contributed by atoms with Crippen molar-refractivity contribution in [2.24, 2.45) is 10.5 Å². The molecular weight excluding hydrogens is 373 g/mol. The molecule has 1 aliphatic heterocycles. The van der Waals surface area contributed by atoms with E-state index in [1.54, 1.807) is 55.5 Å². The lowest BCUT2D eigenvalue weighted by atomic mass is 9.79. The summed E-state index contributed by atoms with van der Waals surface area (Å²) in [5.41, 5.74) is 1.02. The van der Waals surface area contributed by atoms with Crippen LogP contribution in [-0.2, 0) is 4.79 Å². The summed E-state index contributed by atoms with van der Waals surface area (Å²) in [6, 6.07) is 13.4. The number of nitrogens with zero attached hydrogens (tertiary/aromatic N) is 2. The first kappa shape index (κ1) is 18.4. The third-order valence-electron chi connectivity index (χ3n) is 4.43. The Morgan fingerprint density at radius 1 is 1.04 bits per heavy atom. The first-order valence-electron chi connectivity index (χ1n) is 8.00. The normalized spacial score (nSPS) is 19.2. The van der Waals surface area contributed by atoms with Crippen LogP contribution in [0.2, 0.25) is 10.0 Å². The van der Waals surface area contributed by atoms with Gasteiger partial charge in [0.2, 0.25) is 0 Å². The highest BCUT2D eigenvalue weighted by atomic mass is 35.5. The predicted octanol–water partition coefficient (Wildman–Crippen LogP) is 4.84. The number of urea groups is 1. The summed E-state index contributed by atoms with van der Waals surface area (Å²) >= 11 is 11.8. The van der Waals surface area contributed by atoms with Crippen molar-refractivity contribution in [3.8, 4) is 0 Å². The molecule has 0 aromatic heterocycles. The van der Waals surface area contributed by atoms with Gasteiger partial charge in [-0.15, -0.1) is 0 Å². The average Bonchev–Trinajstić information content (AvgIpc) is 2.97. The summed E-state index contributed by atoms with van der Waals surface area (Å²) in [5.74, 6) is -0.0620. The number of hydrogen-bond acceptors (Lipinski definition) is 3. The molecule has 2 aromatic carbocycles. The Bertz CT molecular complexity index is 879. The third kappa shape index (κ3) is 3.59. The van der Waals surface area contributed by atoms with E-state index in [0.717, 1.165) is 5.56 Å². The van der Waals surface area contributed by atoms with Crippen LogP contribution in [0.15, 0.2) is 53.6 Å².